The third kappa shape index (κ3) is 2.84. The summed E-state index contributed by atoms with van der Waals surface area (Å²) in [6.45, 7) is 1.41. The van der Waals surface area contributed by atoms with Crippen LogP contribution in [0, 0.1) is 0 Å². The van der Waals surface area contributed by atoms with Crippen LogP contribution in [0.15, 0.2) is 24.3 Å². The molecule has 2 aromatic rings. The fraction of sp³-hybridized carbons (Fsp3) is 0.417. The van der Waals surface area contributed by atoms with Crippen molar-refractivity contribution in [3.63, 3.8) is 0 Å². The van der Waals surface area contributed by atoms with Crippen molar-refractivity contribution >= 4 is 0 Å². The van der Waals surface area contributed by atoms with Gasteiger partial charge in [-0.3, -0.25) is 0 Å². The molecule has 1 heterocycles. The van der Waals surface area contributed by atoms with Gasteiger partial charge in [-0.05, 0) is 35.5 Å². The molecule has 0 saturated heterocycles. The summed E-state index contributed by atoms with van der Waals surface area (Å²) >= 11 is 0. The highest BCUT2D eigenvalue weighted by atomic mass is 16.5. The van der Waals surface area contributed by atoms with Gasteiger partial charge >= 0.3 is 0 Å². The predicted octanol–water partition coefficient (Wildman–Crippen LogP) is 0.644. The lowest BCUT2D eigenvalue weighted by molar-refractivity contribution is 0.407. The highest BCUT2D eigenvalue weighted by Gasteiger charge is 2.06. The Balaban J connectivity index is 2.04. The van der Waals surface area contributed by atoms with Gasteiger partial charge in [-0.25, -0.2) is 4.68 Å². The zero-order valence-corrected chi connectivity index (χ0v) is 10.6. The van der Waals surface area contributed by atoms with E-state index in [4.69, 9.17) is 4.74 Å². The number of methoxy groups -OCH3 is 1. The summed E-state index contributed by atoms with van der Waals surface area (Å²) in [6, 6.07) is 7.99. The first kappa shape index (κ1) is 12.5. The Bertz CT molecular complexity index is 497. The zero-order valence-electron chi connectivity index (χ0n) is 10.6. The summed E-state index contributed by atoms with van der Waals surface area (Å²) in [7, 11) is 3.56. The number of tetrazole rings is 1. The van der Waals surface area contributed by atoms with E-state index in [0.29, 0.717) is 6.54 Å². The Morgan fingerprint density at radius 1 is 1.33 bits per heavy atom. The number of rotatable bonds is 6. The average molecular weight is 247 g/mol. The quantitative estimate of drug-likeness (QED) is 0.811. The maximum atomic E-state index is 5.32. The molecule has 96 valence electrons. The number of aromatic nitrogens is 4. The van der Waals surface area contributed by atoms with Crippen LogP contribution in [0.1, 0.15) is 11.4 Å². The molecule has 1 aromatic heterocycles. The highest BCUT2D eigenvalue weighted by Crippen LogP contribution is 2.18. The van der Waals surface area contributed by atoms with Gasteiger partial charge in [0.25, 0.3) is 0 Å². The molecule has 0 amide bonds. The Labute approximate surface area is 106 Å². The molecule has 0 bridgehead atoms. The van der Waals surface area contributed by atoms with Crippen LogP contribution in [0.3, 0.4) is 0 Å². The minimum Gasteiger partial charge on any atom is -0.496 e. The van der Waals surface area contributed by atoms with Gasteiger partial charge in [0.1, 0.15) is 5.75 Å². The number of benzene rings is 1. The van der Waals surface area contributed by atoms with E-state index in [1.165, 1.54) is 0 Å². The minimum atomic E-state index is 0.666. The Kier molecular flexibility index (Phi) is 4.25. The lowest BCUT2D eigenvalue weighted by Gasteiger charge is -2.08. The van der Waals surface area contributed by atoms with Crippen molar-refractivity contribution in [3.8, 4) is 5.75 Å². The van der Waals surface area contributed by atoms with Gasteiger partial charge in [0.05, 0.1) is 13.7 Å². The van der Waals surface area contributed by atoms with Gasteiger partial charge < -0.3 is 10.1 Å². The van der Waals surface area contributed by atoms with Crippen LogP contribution in [0.4, 0.5) is 0 Å². The maximum absolute atomic E-state index is 5.32. The molecule has 6 heteroatoms. The van der Waals surface area contributed by atoms with Crippen molar-refractivity contribution in [2.45, 2.75) is 19.5 Å². The molecule has 2 rings (SSSR count). The lowest BCUT2D eigenvalue weighted by atomic mass is 10.1. The number of hydrogen-bond donors (Lipinski definition) is 1. The van der Waals surface area contributed by atoms with E-state index in [-0.39, 0.29) is 0 Å². The van der Waals surface area contributed by atoms with Crippen LogP contribution in [0.2, 0.25) is 0 Å². The van der Waals surface area contributed by atoms with Crippen molar-refractivity contribution in [1.29, 1.82) is 0 Å². The molecule has 0 radical (unpaired) electrons. The van der Waals surface area contributed by atoms with E-state index < -0.39 is 0 Å². The smallest absolute Gasteiger partial charge is 0.165 e. The van der Waals surface area contributed by atoms with Crippen LogP contribution >= 0.6 is 0 Å². The molecule has 0 aliphatic heterocycles. The van der Waals surface area contributed by atoms with Gasteiger partial charge in [0, 0.05) is 6.54 Å². The number of para-hydroxylation sites is 1. The van der Waals surface area contributed by atoms with E-state index in [2.05, 4.69) is 26.9 Å². The molecule has 0 spiro atoms. The minimum absolute atomic E-state index is 0.666. The molecule has 1 N–H and O–H groups in total. The van der Waals surface area contributed by atoms with Crippen molar-refractivity contribution in [2.24, 2.45) is 0 Å². The number of aryl methyl sites for hydroxylation is 2. The monoisotopic (exact) mass is 247 g/mol. The summed E-state index contributed by atoms with van der Waals surface area (Å²) < 4.78 is 7.13. The van der Waals surface area contributed by atoms with Crippen molar-refractivity contribution < 1.29 is 4.74 Å². The van der Waals surface area contributed by atoms with Gasteiger partial charge in [-0.2, -0.15) is 0 Å². The number of hydrogen-bond acceptors (Lipinski definition) is 5. The molecule has 0 aliphatic rings. The second kappa shape index (κ2) is 6.11. The van der Waals surface area contributed by atoms with Gasteiger partial charge in [0.2, 0.25) is 0 Å². The molecule has 0 aliphatic carbocycles. The third-order valence-electron chi connectivity index (χ3n) is 2.73. The number of nitrogens with one attached hydrogen (secondary N) is 1. The fourth-order valence-corrected chi connectivity index (χ4v) is 1.82. The molecule has 0 fully saturated rings. The predicted molar refractivity (Wildman–Crippen MR) is 67.3 cm³/mol. The normalized spacial score (nSPS) is 10.6. The van der Waals surface area contributed by atoms with Gasteiger partial charge in [-0.15, -0.1) is 5.10 Å². The SMILES string of the molecule is CNCc1nnnn1CCc1ccccc1OC. The molecule has 0 atom stereocenters. The highest BCUT2D eigenvalue weighted by molar-refractivity contribution is 5.33. The summed E-state index contributed by atoms with van der Waals surface area (Å²) in [4.78, 5) is 0. The second-order valence-corrected chi connectivity index (χ2v) is 3.91. The number of nitrogens with zero attached hydrogens (tertiary/aromatic N) is 4. The van der Waals surface area contributed by atoms with Crippen LogP contribution in [0.5, 0.6) is 5.75 Å². The van der Waals surface area contributed by atoms with E-state index in [1.54, 1.807) is 7.11 Å². The van der Waals surface area contributed by atoms with E-state index in [1.807, 2.05) is 29.9 Å². The first-order valence-corrected chi connectivity index (χ1v) is 5.86. The summed E-state index contributed by atoms with van der Waals surface area (Å²) in [5, 5.41) is 14.7. The fourth-order valence-electron chi connectivity index (χ4n) is 1.82. The Morgan fingerprint density at radius 3 is 2.94 bits per heavy atom. The van der Waals surface area contributed by atoms with Crippen molar-refractivity contribution in [3.05, 3.63) is 35.7 Å². The molecule has 0 unspecified atom stereocenters. The first-order valence-electron chi connectivity index (χ1n) is 5.86. The van der Waals surface area contributed by atoms with Crippen LogP contribution < -0.4 is 10.1 Å². The third-order valence-corrected chi connectivity index (χ3v) is 2.73. The lowest BCUT2D eigenvalue weighted by Crippen LogP contribution is -2.14. The summed E-state index contributed by atoms with van der Waals surface area (Å²) in [6.07, 6.45) is 0.839. The van der Waals surface area contributed by atoms with E-state index in [9.17, 15) is 0 Å². The standard InChI is InChI=1S/C12H17N5O/c1-13-9-12-14-15-16-17(12)8-7-10-5-3-4-6-11(10)18-2/h3-6,13H,7-9H2,1-2H3. The van der Waals surface area contributed by atoms with Crippen molar-refractivity contribution in [2.75, 3.05) is 14.2 Å². The molecular weight excluding hydrogens is 230 g/mol. The largest absolute Gasteiger partial charge is 0.496 e. The zero-order chi connectivity index (χ0) is 12.8. The van der Waals surface area contributed by atoms with Gasteiger partial charge in [-0.1, -0.05) is 18.2 Å². The van der Waals surface area contributed by atoms with E-state index in [0.717, 1.165) is 30.1 Å². The Hall–Kier alpha value is -1.95. The molecular formula is C12H17N5O. The molecule has 18 heavy (non-hydrogen) atoms. The first-order chi connectivity index (χ1) is 8.85. The van der Waals surface area contributed by atoms with Crippen molar-refractivity contribution in [1.82, 2.24) is 25.5 Å². The average Bonchev–Trinajstić information content (AvgIpc) is 2.84. The molecule has 0 saturated carbocycles. The maximum Gasteiger partial charge on any atom is 0.165 e. The van der Waals surface area contributed by atoms with E-state index >= 15 is 0 Å². The Morgan fingerprint density at radius 2 is 2.17 bits per heavy atom. The molecule has 6 nitrogen and oxygen atoms in total. The van der Waals surface area contributed by atoms with Crippen LogP contribution in [-0.2, 0) is 19.5 Å². The summed E-state index contributed by atoms with van der Waals surface area (Å²) in [5.74, 6) is 1.74. The second-order valence-electron chi connectivity index (χ2n) is 3.91. The topological polar surface area (TPSA) is 64.9 Å². The molecule has 1 aromatic carbocycles. The number of ether oxygens (including phenoxy) is 1. The summed E-state index contributed by atoms with van der Waals surface area (Å²) in [5.41, 5.74) is 1.16. The van der Waals surface area contributed by atoms with Crippen LogP contribution in [0.25, 0.3) is 0 Å². The van der Waals surface area contributed by atoms with Gasteiger partial charge in [0.15, 0.2) is 5.82 Å². The van der Waals surface area contributed by atoms with Crippen LogP contribution in [-0.4, -0.2) is 34.4 Å².